The van der Waals surface area contributed by atoms with Crippen molar-refractivity contribution in [2.75, 3.05) is 0 Å². The van der Waals surface area contributed by atoms with Gasteiger partial charge in [-0.05, 0) is 62.5 Å². The molecule has 0 saturated heterocycles. The third kappa shape index (κ3) is 4.33. The third-order valence-corrected chi connectivity index (χ3v) is 4.77. The second-order valence-corrected chi connectivity index (χ2v) is 7.63. The summed E-state index contributed by atoms with van der Waals surface area (Å²) in [5.41, 5.74) is 2.89. The van der Waals surface area contributed by atoms with Gasteiger partial charge in [0.05, 0.1) is 5.56 Å². The van der Waals surface area contributed by atoms with Crippen LogP contribution in [0, 0.1) is 25.2 Å². The van der Waals surface area contributed by atoms with Crippen molar-refractivity contribution in [1.82, 2.24) is 0 Å². The fraction of sp³-hybridized carbons (Fsp3) is 0.632. The summed E-state index contributed by atoms with van der Waals surface area (Å²) < 4.78 is 0. The van der Waals surface area contributed by atoms with Gasteiger partial charge in [-0.2, -0.15) is 4.89 Å². The molecular formula is C19H28O3. The summed E-state index contributed by atoms with van der Waals surface area (Å²) in [6.07, 6.45) is 4.22. The standard InChI is InChI=1S/C19H28O3/c1-13-6-7-14(2)17(12-13)18(20)22-21-16-10-8-15(9-11-16)19(3,4)5/h6-7,12,15-16H,8-11H2,1-5H3. The maximum absolute atomic E-state index is 12.1. The highest BCUT2D eigenvalue weighted by Crippen LogP contribution is 2.38. The van der Waals surface area contributed by atoms with Crippen LogP contribution in [0.15, 0.2) is 18.2 Å². The summed E-state index contributed by atoms with van der Waals surface area (Å²) in [4.78, 5) is 22.6. The second-order valence-electron chi connectivity index (χ2n) is 7.63. The highest BCUT2D eigenvalue weighted by molar-refractivity contribution is 5.90. The zero-order chi connectivity index (χ0) is 16.3. The molecule has 0 aromatic heterocycles. The zero-order valence-corrected chi connectivity index (χ0v) is 14.4. The van der Waals surface area contributed by atoms with E-state index >= 15 is 0 Å². The van der Waals surface area contributed by atoms with Crippen LogP contribution in [0.25, 0.3) is 0 Å². The number of aryl methyl sites for hydroxylation is 2. The Hall–Kier alpha value is -1.35. The number of hydrogen-bond acceptors (Lipinski definition) is 3. The fourth-order valence-electron chi connectivity index (χ4n) is 3.14. The van der Waals surface area contributed by atoms with Crippen molar-refractivity contribution in [3.63, 3.8) is 0 Å². The minimum atomic E-state index is -0.390. The highest BCUT2D eigenvalue weighted by Gasteiger charge is 2.31. The zero-order valence-electron chi connectivity index (χ0n) is 14.4. The molecule has 0 atom stereocenters. The van der Waals surface area contributed by atoms with E-state index in [1.54, 1.807) is 0 Å². The van der Waals surface area contributed by atoms with E-state index in [9.17, 15) is 4.79 Å². The smallest absolute Gasteiger partial charge is 0.293 e. The van der Waals surface area contributed by atoms with Gasteiger partial charge >= 0.3 is 5.97 Å². The predicted octanol–water partition coefficient (Wildman–Crippen LogP) is 5.00. The molecule has 1 aromatic rings. The molecule has 0 amide bonds. The van der Waals surface area contributed by atoms with E-state index in [4.69, 9.17) is 9.78 Å². The maximum Gasteiger partial charge on any atom is 0.373 e. The minimum absolute atomic E-state index is 0.0349. The van der Waals surface area contributed by atoms with Gasteiger partial charge in [0.2, 0.25) is 0 Å². The average Bonchev–Trinajstić information content (AvgIpc) is 2.47. The van der Waals surface area contributed by atoms with Crippen LogP contribution >= 0.6 is 0 Å². The van der Waals surface area contributed by atoms with Gasteiger partial charge in [0.1, 0.15) is 6.10 Å². The lowest BCUT2D eigenvalue weighted by Gasteiger charge is -2.36. The van der Waals surface area contributed by atoms with E-state index in [0.29, 0.717) is 11.0 Å². The van der Waals surface area contributed by atoms with Gasteiger partial charge in [-0.15, -0.1) is 0 Å². The van der Waals surface area contributed by atoms with Crippen LogP contribution in [0.5, 0.6) is 0 Å². The summed E-state index contributed by atoms with van der Waals surface area (Å²) in [5.74, 6) is 0.334. The summed E-state index contributed by atoms with van der Waals surface area (Å²) >= 11 is 0. The Labute approximate surface area is 133 Å². The van der Waals surface area contributed by atoms with Crippen LogP contribution in [0.4, 0.5) is 0 Å². The van der Waals surface area contributed by atoms with Gasteiger partial charge in [0.15, 0.2) is 0 Å². The van der Waals surface area contributed by atoms with Gasteiger partial charge in [-0.3, -0.25) is 4.89 Å². The number of hydrogen-bond donors (Lipinski definition) is 0. The first-order chi connectivity index (χ1) is 10.3. The molecule has 1 aromatic carbocycles. The van der Waals surface area contributed by atoms with E-state index in [-0.39, 0.29) is 12.1 Å². The number of benzene rings is 1. The van der Waals surface area contributed by atoms with Crippen LogP contribution in [-0.4, -0.2) is 12.1 Å². The van der Waals surface area contributed by atoms with Crippen LogP contribution in [0.3, 0.4) is 0 Å². The molecule has 0 aliphatic heterocycles. The first-order valence-electron chi connectivity index (χ1n) is 8.22. The Balaban J connectivity index is 1.84. The van der Waals surface area contributed by atoms with E-state index in [2.05, 4.69) is 20.8 Å². The molecule has 2 rings (SSSR count). The SMILES string of the molecule is Cc1ccc(C)c(C(=O)OOC2CCC(C(C)(C)C)CC2)c1. The molecule has 1 saturated carbocycles. The summed E-state index contributed by atoms with van der Waals surface area (Å²) in [6, 6.07) is 5.76. The van der Waals surface area contributed by atoms with Crippen molar-refractivity contribution in [2.45, 2.75) is 66.4 Å². The highest BCUT2D eigenvalue weighted by atomic mass is 17.2. The monoisotopic (exact) mass is 304 g/mol. The molecule has 0 unspecified atom stereocenters. The molecule has 22 heavy (non-hydrogen) atoms. The molecular weight excluding hydrogens is 276 g/mol. The van der Waals surface area contributed by atoms with Gasteiger partial charge in [0, 0.05) is 0 Å². The molecule has 3 heteroatoms. The largest absolute Gasteiger partial charge is 0.373 e. The molecule has 122 valence electrons. The van der Waals surface area contributed by atoms with Gasteiger partial charge in [-0.25, -0.2) is 4.79 Å². The first kappa shape index (κ1) is 17.0. The lowest BCUT2D eigenvalue weighted by molar-refractivity contribution is -0.281. The fourth-order valence-corrected chi connectivity index (χ4v) is 3.14. The number of rotatable bonds is 3. The Morgan fingerprint density at radius 1 is 1.09 bits per heavy atom. The molecule has 3 nitrogen and oxygen atoms in total. The van der Waals surface area contributed by atoms with Crippen molar-refractivity contribution in [3.8, 4) is 0 Å². The lowest BCUT2D eigenvalue weighted by Crippen LogP contribution is -2.29. The van der Waals surface area contributed by atoms with E-state index in [0.717, 1.165) is 42.7 Å². The summed E-state index contributed by atoms with van der Waals surface area (Å²) in [5, 5.41) is 0. The van der Waals surface area contributed by atoms with Crippen molar-refractivity contribution in [1.29, 1.82) is 0 Å². The molecule has 0 N–H and O–H groups in total. The lowest BCUT2D eigenvalue weighted by atomic mass is 9.72. The van der Waals surface area contributed by atoms with Crippen molar-refractivity contribution < 1.29 is 14.6 Å². The topological polar surface area (TPSA) is 35.5 Å². The predicted molar refractivity (Wildman–Crippen MR) is 87.6 cm³/mol. The van der Waals surface area contributed by atoms with Crippen LogP contribution in [0.2, 0.25) is 0 Å². The summed E-state index contributed by atoms with van der Waals surface area (Å²) in [6.45, 7) is 10.7. The van der Waals surface area contributed by atoms with E-state index in [1.165, 1.54) is 0 Å². The first-order valence-corrected chi connectivity index (χ1v) is 8.22. The molecule has 1 aliphatic carbocycles. The van der Waals surface area contributed by atoms with Crippen molar-refractivity contribution >= 4 is 5.97 Å². The molecule has 1 fully saturated rings. The van der Waals surface area contributed by atoms with Gasteiger partial charge in [-0.1, -0.05) is 38.5 Å². The van der Waals surface area contributed by atoms with Gasteiger partial charge < -0.3 is 0 Å². The van der Waals surface area contributed by atoms with E-state index in [1.807, 2.05) is 32.0 Å². The Kier molecular flexibility index (Phi) is 5.28. The molecule has 1 aliphatic rings. The van der Waals surface area contributed by atoms with Crippen molar-refractivity contribution in [3.05, 3.63) is 34.9 Å². The maximum atomic E-state index is 12.1. The van der Waals surface area contributed by atoms with Crippen molar-refractivity contribution in [2.24, 2.45) is 11.3 Å². The molecule has 0 radical (unpaired) electrons. The second kappa shape index (κ2) is 6.82. The Bertz CT molecular complexity index is 520. The Morgan fingerprint density at radius 3 is 2.32 bits per heavy atom. The minimum Gasteiger partial charge on any atom is -0.293 e. The van der Waals surface area contributed by atoms with Gasteiger partial charge in [0.25, 0.3) is 0 Å². The van der Waals surface area contributed by atoms with Crippen LogP contribution in [0.1, 0.15) is 67.9 Å². The molecule has 0 spiro atoms. The summed E-state index contributed by atoms with van der Waals surface area (Å²) in [7, 11) is 0. The van der Waals surface area contributed by atoms with E-state index < -0.39 is 0 Å². The third-order valence-electron chi connectivity index (χ3n) is 4.77. The van der Waals surface area contributed by atoms with Crippen LogP contribution in [-0.2, 0) is 9.78 Å². The molecule has 0 heterocycles. The number of carbonyl (C=O) groups is 1. The number of carbonyl (C=O) groups excluding carboxylic acids is 1. The molecule has 0 bridgehead atoms. The average molecular weight is 304 g/mol. The van der Waals surface area contributed by atoms with Crippen LogP contribution < -0.4 is 0 Å². The Morgan fingerprint density at radius 2 is 1.73 bits per heavy atom. The normalized spacial score (nSPS) is 22.4. The quantitative estimate of drug-likeness (QED) is 0.582.